The average molecular weight is 324 g/mol. The Morgan fingerprint density at radius 3 is 2.57 bits per heavy atom. The minimum atomic E-state index is -0.560. The molecule has 0 aliphatic heterocycles. The van der Waals surface area contributed by atoms with E-state index in [9.17, 15) is 9.59 Å². The van der Waals surface area contributed by atoms with E-state index in [-0.39, 0.29) is 0 Å². The van der Waals surface area contributed by atoms with Gasteiger partial charge in [0.15, 0.2) is 0 Å². The van der Waals surface area contributed by atoms with Gasteiger partial charge in [-0.3, -0.25) is 10.1 Å². The minimum absolute atomic E-state index is 0.346. The van der Waals surface area contributed by atoms with Crippen LogP contribution in [0.25, 0.3) is 0 Å². The molecule has 0 spiro atoms. The Hall–Kier alpha value is -2.05. The highest BCUT2D eigenvalue weighted by Gasteiger charge is 2.18. The molecule has 0 saturated carbocycles. The van der Waals surface area contributed by atoms with Gasteiger partial charge in [0.25, 0.3) is 5.91 Å². The number of aryl methyl sites for hydroxylation is 1. The number of urea groups is 1. The van der Waals surface area contributed by atoms with Crippen molar-refractivity contribution in [1.29, 1.82) is 0 Å². The van der Waals surface area contributed by atoms with E-state index in [2.05, 4.69) is 10.6 Å². The van der Waals surface area contributed by atoms with Crippen LogP contribution in [0, 0.1) is 13.8 Å². The van der Waals surface area contributed by atoms with Crippen LogP contribution >= 0.6 is 22.9 Å². The lowest BCUT2D eigenvalue weighted by atomic mass is 10.1. The average Bonchev–Trinajstić information content (AvgIpc) is 2.64. The number of amides is 3. The lowest BCUT2D eigenvalue weighted by Crippen LogP contribution is -2.21. The van der Waals surface area contributed by atoms with Crippen molar-refractivity contribution >= 4 is 45.6 Å². The fourth-order valence-electron chi connectivity index (χ4n) is 1.84. The first-order valence-corrected chi connectivity index (χ1v) is 7.31. The maximum Gasteiger partial charge on any atom is 0.324 e. The molecule has 1 aromatic heterocycles. The first kappa shape index (κ1) is 15.3. The highest BCUT2D eigenvalue weighted by molar-refractivity contribution is 7.16. The molecule has 3 amide bonds. The van der Waals surface area contributed by atoms with Gasteiger partial charge in [-0.25, -0.2) is 4.79 Å². The number of halogens is 1. The Morgan fingerprint density at radius 1 is 1.24 bits per heavy atom. The lowest BCUT2D eigenvalue weighted by Gasteiger charge is -2.07. The van der Waals surface area contributed by atoms with Crippen LogP contribution in [0.2, 0.25) is 5.02 Å². The van der Waals surface area contributed by atoms with E-state index in [0.29, 0.717) is 21.3 Å². The Morgan fingerprint density at radius 2 is 1.95 bits per heavy atom. The summed E-state index contributed by atoms with van der Waals surface area (Å²) >= 11 is 7.16. The van der Waals surface area contributed by atoms with Crippen LogP contribution in [0.1, 0.15) is 20.8 Å². The Balaban J connectivity index is 2.17. The maximum absolute atomic E-state index is 12.0. The molecule has 7 heteroatoms. The summed E-state index contributed by atoms with van der Waals surface area (Å²) in [6.07, 6.45) is 0. The van der Waals surface area contributed by atoms with Crippen molar-refractivity contribution in [3.05, 3.63) is 45.3 Å². The van der Waals surface area contributed by atoms with Gasteiger partial charge in [0, 0.05) is 15.6 Å². The summed E-state index contributed by atoms with van der Waals surface area (Å²) in [7, 11) is 0. The molecule has 0 unspecified atom stereocenters. The molecule has 4 N–H and O–H groups in total. The molecule has 1 heterocycles. The molecule has 0 bridgehead atoms. The smallest absolute Gasteiger partial charge is 0.324 e. The molecule has 0 aliphatic rings. The molecule has 2 aromatic rings. The van der Waals surface area contributed by atoms with Crippen molar-refractivity contribution in [3.8, 4) is 0 Å². The standard InChI is InChI=1S/C14H14ClN3O2S/c1-7-8(2)21-13(11(7)12(16)19)18-14(20)17-10-5-3-4-9(15)6-10/h3-6H,1-2H3,(H2,16,19)(H2,17,18,20). The molecule has 1 aromatic carbocycles. The van der Waals surface area contributed by atoms with E-state index in [4.69, 9.17) is 17.3 Å². The van der Waals surface area contributed by atoms with Crippen LogP contribution in [0.4, 0.5) is 15.5 Å². The summed E-state index contributed by atoms with van der Waals surface area (Å²) < 4.78 is 0. The topological polar surface area (TPSA) is 84.2 Å². The van der Waals surface area contributed by atoms with Crippen molar-refractivity contribution in [2.75, 3.05) is 10.6 Å². The van der Waals surface area contributed by atoms with Crippen molar-refractivity contribution in [1.82, 2.24) is 0 Å². The van der Waals surface area contributed by atoms with E-state index >= 15 is 0 Å². The van der Waals surface area contributed by atoms with Crippen LogP contribution in [0.15, 0.2) is 24.3 Å². The number of nitrogens with two attached hydrogens (primary N) is 1. The van der Waals surface area contributed by atoms with E-state index in [1.807, 2.05) is 6.92 Å². The Kier molecular flexibility index (Phi) is 4.50. The van der Waals surface area contributed by atoms with Crippen LogP contribution in [0.5, 0.6) is 0 Å². The number of rotatable bonds is 3. The van der Waals surface area contributed by atoms with Gasteiger partial charge in [-0.05, 0) is 37.6 Å². The van der Waals surface area contributed by atoms with Crippen molar-refractivity contribution in [3.63, 3.8) is 0 Å². The van der Waals surface area contributed by atoms with E-state index in [1.54, 1.807) is 31.2 Å². The van der Waals surface area contributed by atoms with Gasteiger partial charge in [-0.2, -0.15) is 0 Å². The second-order valence-corrected chi connectivity index (χ2v) is 6.10. The SMILES string of the molecule is Cc1sc(NC(=O)Nc2cccc(Cl)c2)c(C(N)=O)c1C. The summed E-state index contributed by atoms with van der Waals surface area (Å²) in [5.74, 6) is -0.560. The second kappa shape index (κ2) is 6.15. The summed E-state index contributed by atoms with van der Waals surface area (Å²) in [5, 5.41) is 6.26. The number of carbonyl (C=O) groups excluding carboxylic acids is 2. The van der Waals surface area contributed by atoms with E-state index < -0.39 is 11.9 Å². The summed E-state index contributed by atoms with van der Waals surface area (Å²) in [4.78, 5) is 24.4. The zero-order chi connectivity index (χ0) is 15.6. The number of carbonyl (C=O) groups is 2. The van der Waals surface area contributed by atoms with Crippen LogP contribution in [-0.4, -0.2) is 11.9 Å². The molecule has 0 aliphatic carbocycles. The van der Waals surface area contributed by atoms with Crippen LogP contribution < -0.4 is 16.4 Å². The quantitative estimate of drug-likeness (QED) is 0.803. The third-order valence-corrected chi connectivity index (χ3v) is 4.30. The van der Waals surface area contributed by atoms with Crippen molar-refractivity contribution in [2.45, 2.75) is 13.8 Å². The molecular weight excluding hydrogens is 310 g/mol. The van der Waals surface area contributed by atoms with Crippen LogP contribution in [0.3, 0.4) is 0 Å². The van der Waals surface area contributed by atoms with Crippen LogP contribution in [-0.2, 0) is 0 Å². The fraction of sp³-hybridized carbons (Fsp3) is 0.143. The number of anilines is 2. The zero-order valence-corrected chi connectivity index (χ0v) is 13.1. The first-order valence-electron chi connectivity index (χ1n) is 6.12. The predicted octanol–water partition coefficient (Wildman–Crippen LogP) is 3.76. The second-order valence-electron chi connectivity index (χ2n) is 4.44. The van der Waals surface area contributed by atoms with E-state index in [1.165, 1.54) is 11.3 Å². The number of benzene rings is 1. The number of hydrogen-bond donors (Lipinski definition) is 3. The molecule has 5 nitrogen and oxygen atoms in total. The summed E-state index contributed by atoms with van der Waals surface area (Å²) in [5.41, 5.74) is 7.05. The van der Waals surface area contributed by atoms with Gasteiger partial charge in [-0.15, -0.1) is 11.3 Å². The molecule has 2 rings (SSSR count). The van der Waals surface area contributed by atoms with Gasteiger partial charge in [0.1, 0.15) is 5.00 Å². The zero-order valence-electron chi connectivity index (χ0n) is 11.5. The van der Waals surface area contributed by atoms with Crippen molar-refractivity contribution in [2.24, 2.45) is 5.73 Å². The van der Waals surface area contributed by atoms with Gasteiger partial charge >= 0.3 is 6.03 Å². The molecule has 0 saturated heterocycles. The van der Waals surface area contributed by atoms with Crippen molar-refractivity contribution < 1.29 is 9.59 Å². The Labute approximate surface area is 131 Å². The monoisotopic (exact) mass is 323 g/mol. The first-order chi connectivity index (χ1) is 9.88. The predicted molar refractivity (Wildman–Crippen MR) is 86.4 cm³/mol. The third-order valence-electron chi connectivity index (χ3n) is 2.94. The lowest BCUT2D eigenvalue weighted by molar-refractivity contribution is 0.100. The van der Waals surface area contributed by atoms with E-state index in [0.717, 1.165) is 10.4 Å². The number of primary amides is 1. The number of nitrogens with one attached hydrogen (secondary N) is 2. The Bertz CT molecular complexity index is 712. The molecule has 110 valence electrons. The highest BCUT2D eigenvalue weighted by Crippen LogP contribution is 2.32. The molecule has 0 radical (unpaired) electrons. The molecule has 0 atom stereocenters. The minimum Gasteiger partial charge on any atom is -0.365 e. The van der Waals surface area contributed by atoms with Gasteiger partial charge < -0.3 is 11.1 Å². The molecule has 0 fully saturated rings. The van der Waals surface area contributed by atoms with Gasteiger partial charge in [0.2, 0.25) is 0 Å². The molecular formula is C14H14ClN3O2S. The van der Waals surface area contributed by atoms with Gasteiger partial charge in [-0.1, -0.05) is 17.7 Å². The van der Waals surface area contributed by atoms with Gasteiger partial charge in [0.05, 0.1) is 5.56 Å². The number of hydrogen-bond acceptors (Lipinski definition) is 3. The summed E-state index contributed by atoms with van der Waals surface area (Å²) in [6, 6.07) is 6.32. The molecule has 21 heavy (non-hydrogen) atoms. The normalized spacial score (nSPS) is 10.2. The summed E-state index contributed by atoms with van der Waals surface area (Å²) in [6.45, 7) is 3.67. The maximum atomic E-state index is 12.0. The third kappa shape index (κ3) is 3.53. The highest BCUT2D eigenvalue weighted by atomic mass is 35.5. The largest absolute Gasteiger partial charge is 0.365 e. The fourth-order valence-corrected chi connectivity index (χ4v) is 3.09. The number of thiophene rings is 1.